The second-order valence-electron chi connectivity index (χ2n) is 5.92. The molecular formula is C17H20ClNO3. The summed E-state index contributed by atoms with van der Waals surface area (Å²) in [4.78, 5) is 26.4. The molecular weight excluding hydrogens is 302 g/mol. The van der Waals surface area contributed by atoms with E-state index in [9.17, 15) is 9.59 Å². The van der Waals surface area contributed by atoms with Crippen LogP contribution < -0.4 is 4.90 Å². The fourth-order valence-electron chi connectivity index (χ4n) is 3.16. The zero-order valence-electron chi connectivity index (χ0n) is 12.7. The number of Topliss-reactive ketones (excluding diaryl/α,β-unsaturated/α-hetero) is 1. The number of alkyl halides is 1. The quantitative estimate of drug-likeness (QED) is 0.635. The van der Waals surface area contributed by atoms with Gasteiger partial charge in [0, 0.05) is 24.4 Å². The number of rotatable bonds is 3. The molecule has 2 unspecified atom stereocenters. The first-order valence-corrected chi connectivity index (χ1v) is 8.26. The second kappa shape index (κ2) is 6.39. The summed E-state index contributed by atoms with van der Waals surface area (Å²) >= 11 is 5.88. The largest absolute Gasteiger partial charge is 0.368 e. The van der Waals surface area contributed by atoms with Crippen LogP contribution in [0.25, 0.3) is 0 Å². The van der Waals surface area contributed by atoms with E-state index in [1.807, 2.05) is 17.0 Å². The smallest absolute Gasteiger partial charge is 0.256 e. The Bertz CT molecular complexity index is 594. The number of hydrogen-bond donors (Lipinski definition) is 0. The van der Waals surface area contributed by atoms with E-state index in [0.717, 1.165) is 36.9 Å². The van der Waals surface area contributed by atoms with Gasteiger partial charge in [-0.05, 0) is 56.4 Å². The molecule has 1 fully saturated rings. The molecule has 2 aliphatic heterocycles. The van der Waals surface area contributed by atoms with Gasteiger partial charge in [0.05, 0.1) is 5.38 Å². The predicted molar refractivity (Wildman–Crippen MR) is 85.7 cm³/mol. The molecule has 1 aromatic carbocycles. The highest BCUT2D eigenvalue weighted by atomic mass is 35.5. The van der Waals surface area contributed by atoms with E-state index < -0.39 is 5.38 Å². The normalized spacial score (nSPS) is 22.3. The molecule has 118 valence electrons. The van der Waals surface area contributed by atoms with Crippen LogP contribution in [0.2, 0.25) is 0 Å². The number of benzene rings is 1. The number of hydrogen-bond acceptors (Lipinski definition) is 3. The van der Waals surface area contributed by atoms with Crippen LogP contribution in [-0.2, 0) is 16.0 Å². The highest BCUT2D eigenvalue weighted by molar-refractivity contribution is 6.33. The van der Waals surface area contributed by atoms with Gasteiger partial charge in [-0.25, -0.2) is 0 Å². The monoisotopic (exact) mass is 321 g/mol. The highest BCUT2D eigenvalue weighted by Crippen LogP contribution is 2.30. The number of halogens is 1. The third-order valence-electron chi connectivity index (χ3n) is 4.32. The molecule has 1 saturated heterocycles. The van der Waals surface area contributed by atoms with Crippen LogP contribution in [-0.4, -0.2) is 36.3 Å². The fraction of sp³-hybridized carbons (Fsp3) is 0.529. The van der Waals surface area contributed by atoms with Gasteiger partial charge in [0.15, 0.2) is 5.78 Å². The van der Waals surface area contributed by atoms with Crippen LogP contribution in [0.1, 0.15) is 42.1 Å². The lowest BCUT2D eigenvalue weighted by atomic mass is 9.96. The Morgan fingerprint density at radius 1 is 1.36 bits per heavy atom. The summed E-state index contributed by atoms with van der Waals surface area (Å²) < 4.78 is 5.51. The molecule has 0 bridgehead atoms. The van der Waals surface area contributed by atoms with Gasteiger partial charge in [-0.1, -0.05) is 0 Å². The van der Waals surface area contributed by atoms with Crippen molar-refractivity contribution in [1.29, 1.82) is 0 Å². The molecule has 0 aliphatic carbocycles. The highest BCUT2D eigenvalue weighted by Gasteiger charge is 2.31. The van der Waals surface area contributed by atoms with Gasteiger partial charge >= 0.3 is 0 Å². The van der Waals surface area contributed by atoms with Gasteiger partial charge in [0.25, 0.3) is 5.91 Å². The third-order valence-corrected chi connectivity index (χ3v) is 4.51. The van der Waals surface area contributed by atoms with Crippen molar-refractivity contribution in [3.8, 4) is 0 Å². The third kappa shape index (κ3) is 2.90. The van der Waals surface area contributed by atoms with Gasteiger partial charge in [-0.15, -0.1) is 11.6 Å². The zero-order chi connectivity index (χ0) is 15.7. The summed E-state index contributed by atoms with van der Waals surface area (Å²) in [5.74, 6) is -0.0321. The standard InChI is InChI=1S/C17H20ClNO3/c1-11(18)16(20)13-6-7-14-12(10-13)4-2-8-19(14)17(21)15-5-3-9-22-15/h6-7,10-11,15H,2-5,8-9H2,1H3. The Balaban J connectivity index is 1.87. The summed E-state index contributed by atoms with van der Waals surface area (Å²) in [5.41, 5.74) is 2.57. The number of fused-ring (bicyclic) bond motifs is 1. The van der Waals surface area contributed by atoms with Crippen molar-refractivity contribution in [3.63, 3.8) is 0 Å². The predicted octanol–water partition coefficient (Wildman–Crippen LogP) is 2.95. The Morgan fingerprint density at radius 2 is 2.18 bits per heavy atom. The molecule has 2 aliphatic rings. The molecule has 22 heavy (non-hydrogen) atoms. The number of anilines is 1. The molecule has 0 saturated carbocycles. The van der Waals surface area contributed by atoms with E-state index in [1.54, 1.807) is 13.0 Å². The van der Waals surface area contributed by atoms with Crippen LogP contribution in [0.4, 0.5) is 5.69 Å². The fourth-order valence-corrected chi connectivity index (χ4v) is 3.28. The second-order valence-corrected chi connectivity index (χ2v) is 6.57. The molecule has 1 aromatic rings. The number of nitrogens with zero attached hydrogens (tertiary/aromatic N) is 1. The number of amides is 1. The Labute approximate surface area is 135 Å². The molecule has 2 atom stereocenters. The van der Waals surface area contributed by atoms with E-state index in [4.69, 9.17) is 16.3 Å². The first-order valence-electron chi connectivity index (χ1n) is 7.82. The first-order chi connectivity index (χ1) is 10.6. The van der Waals surface area contributed by atoms with Crippen molar-refractivity contribution in [2.45, 2.75) is 44.1 Å². The lowest BCUT2D eigenvalue weighted by Crippen LogP contribution is -2.42. The lowest BCUT2D eigenvalue weighted by molar-refractivity contribution is -0.127. The minimum atomic E-state index is -0.536. The van der Waals surface area contributed by atoms with E-state index in [1.165, 1.54) is 0 Å². The average Bonchev–Trinajstić information content (AvgIpc) is 3.06. The van der Waals surface area contributed by atoms with Gasteiger partial charge in [-0.3, -0.25) is 9.59 Å². The topological polar surface area (TPSA) is 46.6 Å². The van der Waals surface area contributed by atoms with E-state index in [0.29, 0.717) is 18.7 Å². The molecule has 0 aromatic heterocycles. The maximum atomic E-state index is 12.6. The van der Waals surface area contributed by atoms with E-state index in [-0.39, 0.29) is 17.8 Å². The maximum absolute atomic E-state index is 12.6. The van der Waals surface area contributed by atoms with Crippen LogP contribution in [0, 0.1) is 0 Å². The zero-order valence-corrected chi connectivity index (χ0v) is 13.4. The summed E-state index contributed by atoms with van der Waals surface area (Å²) in [6.07, 6.45) is 3.21. The molecule has 4 nitrogen and oxygen atoms in total. The van der Waals surface area contributed by atoms with Gasteiger partial charge in [0.2, 0.25) is 0 Å². The van der Waals surface area contributed by atoms with Crippen molar-refractivity contribution >= 4 is 29.0 Å². The first kappa shape index (κ1) is 15.5. The summed E-state index contributed by atoms with van der Waals surface area (Å²) in [6, 6.07) is 5.51. The number of aryl methyl sites for hydroxylation is 1. The number of carbonyl (C=O) groups excluding carboxylic acids is 2. The molecule has 0 N–H and O–H groups in total. The lowest BCUT2D eigenvalue weighted by Gasteiger charge is -2.31. The van der Waals surface area contributed by atoms with Gasteiger partial charge in [0.1, 0.15) is 6.10 Å². The van der Waals surface area contributed by atoms with Crippen LogP contribution >= 0.6 is 11.6 Å². The summed E-state index contributed by atoms with van der Waals surface area (Å²) in [5, 5.41) is -0.536. The number of carbonyl (C=O) groups is 2. The SMILES string of the molecule is CC(Cl)C(=O)c1ccc2c(c1)CCCN2C(=O)C1CCCO1. The van der Waals surface area contributed by atoms with E-state index in [2.05, 4.69) is 0 Å². The van der Waals surface area contributed by atoms with Crippen molar-refractivity contribution in [1.82, 2.24) is 0 Å². The van der Waals surface area contributed by atoms with Gasteiger partial charge < -0.3 is 9.64 Å². The Morgan fingerprint density at radius 3 is 2.86 bits per heavy atom. The number of ether oxygens (including phenoxy) is 1. The molecule has 0 spiro atoms. The van der Waals surface area contributed by atoms with E-state index >= 15 is 0 Å². The van der Waals surface area contributed by atoms with Crippen molar-refractivity contribution in [2.75, 3.05) is 18.1 Å². The van der Waals surface area contributed by atoms with Crippen molar-refractivity contribution in [3.05, 3.63) is 29.3 Å². The number of ketones is 1. The summed E-state index contributed by atoms with van der Waals surface area (Å²) in [6.45, 7) is 3.06. The molecule has 5 heteroatoms. The molecule has 1 amide bonds. The van der Waals surface area contributed by atoms with Gasteiger partial charge in [-0.2, -0.15) is 0 Å². The minimum absolute atomic E-state index is 0.0447. The van der Waals surface area contributed by atoms with Crippen molar-refractivity contribution < 1.29 is 14.3 Å². The molecule has 2 heterocycles. The minimum Gasteiger partial charge on any atom is -0.368 e. The van der Waals surface area contributed by atoms with Crippen LogP contribution in [0.5, 0.6) is 0 Å². The Kier molecular flexibility index (Phi) is 4.50. The molecule has 0 radical (unpaired) electrons. The maximum Gasteiger partial charge on any atom is 0.256 e. The Hall–Kier alpha value is -1.39. The molecule has 3 rings (SSSR count). The van der Waals surface area contributed by atoms with Crippen molar-refractivity contribution in [2.24, 2.45) is 0 Å². The van der Waals surface area contributed by atoms with Crippen LogP contribution in [0.3, 0.4) is 0 Å². The van der Waals surface area contributed by atoms with Crippen LogP contribution in [0.15, 0.2) is 18.2 Å². The summed E-state index contributed by atoms with van der Waals surface area (Å²) in [7, 11) is 0. The average molecular weight is 322 g/mol.